The molecular weight excluding hydrogens is 294 g/mol. The van der Waals surface area contributed by atoms with Gasteiger partial charge in [-0.15, -0.1) is 0 Å². The van der Waals surface area contributed by atoms with E-state index in [-0.39, 0.29) is 0 Å². The largest absolute Gasteiger partial charge is 0.254 e. The molecule has 0 aromatic carbocycles. The third-order valence-corrected chi connectivity index (χ3v) is 4.95. The van der Waals surface area contributed by atoms with E-state index in [2.05, 4.69) is 57.6 Å². The first-order chi connectivity index (χ1) is 11.4. The second-order valence-electron chi connectivity index (χ2n) is 6.50. The maximum absolute atomic E-state index is 4.95. The van der Waals surface area contributed by atoms with Crippen LogP contribution in [0.15, 0.2) is 30.6 Å². The molecule has 0 atom stereocenters. The SMILES string of the molecule is Cc1ccnc(-c2cc(C)c(C)c(-c3nccc(C)c3C)n2)c1C. The van der Waals surface area contributed by atoms with Crippen molar-refractivity contribution in [3.63, 3.8) is 0 Å². The van der Waals surface area contributed by atoms with Gasteiger partial charge in [0, 0.05) is 12.4 Å². The van der Waals surface area contributed by atoms with Crippen LogP contribution in [0.3, 0.4) is 0 Å². The molecule has 3 aromatic heterocycles. The Morgan fingerprint density at radius 3 is 1.71 bits per heavy atom. The van der Waals surface area contributed by atoms with Crippen molar-refractivity contribution in [2.75, 3.05) is 0 Å². The van der Waals surface area contributed by atoms with E-state index in [0.717, 1.165) is 22.8 Å². The molecule has 0 saturated carbocycles. The summed E-state index contributed by atoms with van der Waals surface area (Å²) in [5, 5.41) is 0. The van der Waals surface area contributed by atoms with E-state index in [1.54, 1.807) is 0 Å². The maximum Gasteiger partial charge on any atom is 0.0928 e. The minimum atomic E-state index is 0.914. The Balaban J connectivity index is 2.28. The zero-order chi connectivity index (χ0) is 17.4. The highest BCUT2D eigenvalue weighted by molar-refractivity contribution is 5.70. The maximum atomic E-state index is 4.95. The summed E-state index contributed by atoms with van der Waals surface area (Å²) in [4.78, 5) is 14.1. The number of pyridine rings is 3. The van der Waals surface area contributed by atoms with Crippen molar-refractivity contribution in [1.29, 1.82) is 0 Å². The summed E-state index contributed by atoms with van der Waals surface area (Å²) in [7, 11) is 0. The predicted octanol–water partition coefficient (Wildman–Crippen LogP) is 5.06. The molecule has 0 radical (unpaired) electrons. The van der Waals surface area contributed by atoms with Crippen LogP contribution in [0.25, 0.3) is 22.8 Å². The van der Waals surface area contributed by atoms with Gasteiger partial charge in [0.1, 0.15) is 0 Å². The van der Waals surface area contributed by atoms with E-state index in [1.165, 1.54) is 33.4 Å². The Morgan fingerprint density at radius 2 is 1.08 bits per heavy atom. The van der Waals surface area contributed by atoms with Gasteiger partial charge in [0.05, 0.1) is 22.8 Å². The lowest BCUT2D eigenvalue weighted by Gasteiger charge is -2.14. The van der Waals surface area contributed by atoms with E-state index < -0.39 is 0 Å². The standard InChI is InChI=1S/C21H23N3/c1-12-7-9-22-19(15(12)4)18-11-14(3)17(6)21(24-18)20-16(5)13(2)8-10-23-20/h7-11H,1-6H3. The van der Waals surface area contributed by atoms with Crippen molar-refractivity contribution >= 4 is 0 Å². The molecule has 3 aromatic rings. The number of aryl methyl sites for hydroxylation is 3. The van der Waals surface area contributed by atoms with E-state index in [9.17, 15) is 0 Å². The topological polar surface area (TPSA) is 38.7 Å². The second-order valence-corrected chi connectivity index (χ2v) is 6.50. The van der Waals surface area contributed by atoms with E-state index in [1.807, 2.05) is 24.5 Å². The lowest BCUT2D eigenvalue weighted by atomic mass is 9.99. The van der Waals surface area contributed by atoms with Crippen molar-refractivity contribution in [2.45, 2.75) is 41.5 Å². The van der Waals surface area contributed by atoms with E-state index >= 15 is 0 Å². The second kappa shape index (κ2) is 6.16. The highest BCUT2D eigenvalue weighted by atomic mass is 14.8. The van der Waals surface area contributed by atoms with Crippen molar-refractivity contribution in [2.24, 2.45) is 0 Å². The van der Waals surface area contributed by atoms with Crippen molar-refractivity contribution in [3.8, 4) is 22.8 Å². The van der Waals surface area contributed by atoms with Crippen LogP contribution in [0.1, 0.15) is 33.4 Å². The molecule has 3 rings (SSSR count). The Morgan fingerprint density at radius 1 is 0.583 bits per heavy atom. The molecule has 0 amide bonds. The van der Waals surface area contributed by atoms with Gasteiger partial charge in [-0.1, -0.05) is 0 Å². The summed E-state index contributed by atoms with van der Waals surface area (Å²) in [5.41, 5.74) is 11.0. The van der Waals surface area contributed by atoms with Gasteiger partial charge in [-0.05, 0) is 93.1 Å². The smallest absolute Gasteiger partial charge is 0.0928 e. The lowest BCUT2D eigenvalue weighted by Crippen LogP contribution is -2.01. The Hall–Kier alpha value is -2.55. The first-order valence-corrected chi connectivity index (χ1v) is 8.23. The first-order valence-electron chi connectivity index (χ1n) is 8.23. The van der Waals surface area contributed by atoms with Crippen molar-refractivity contribution in [1.82, 2.24) is 15.0 Å². The Labute approximate surface area is 143 Å². The van der Waals surface area contributed by atoms with Gasteiger partial charge >= 0.3 is 0 Å². The summed E-state index contributed by atoms with van der Waals surface area (Å²) in [6.07, 6.45) is 3.71. The fourth-order valence-corrected chi connectivity index (χ4v) is 2.85. The van der Waals surface area contributed by atoms with Crippen LogP contribution < -0.4 is 0 Å². The van der Waals surface area contributed by atoms with Gasteiger partial charge in [-0.3, -0.25) is 9.97 Å². The summed E-state index contributed by atoms with van der Waals surface area (Å²) >= 11 is 0. The highest BCUT2D eigenvalue weighted by Gasteiger charge is 2.15. The molecule has 122 valence electrons. The number of hydrogen-bond acceptors (Lipinski definition) is 3. The summed E-state index contributed by atoms with van der Waals surface area (Å²) in [6, 6.07) is 6.20. The Bertz CT molecular complexity index is 927. The third-order valence-electron chi connectivity index (χ3n) is 4.95. The average Bonchev–Trinajstić information content (AvgIpc) is 2.55. The van der Waals surface area contributed by atoms with E-state index in [4.69, 9.17) is 4.98 Å². The molecule has 3 nitrogen and oxygen atoms in total. The molecule has 0 N–H and O–H groups in total. The molecule has 0 spiro atoms. The van der Waals surface area contributed by atoms with E-state index in [0.29, 0.717) is 0 Å². The van der Waals surface area contributed by atoms with Gasteiger partial charge in [0.15, 0.2) is 0 Å². The highest BCUT2D eigenvalue weighted by Crippen LogP contribution is 2.30. The molecule has 0 aliphatic heterocycles. The van der Waals surface area contributed by atoms with Gasteiger partial charge in [-0.25, -0.2) is 4.98 Å². The monoisotopic (exact) mass is 317 g/mol. The minimum Gasteiger partial charge on any atom is -0.254 e. The average molecular weight is 317 g/mol. The molecule has 24 heavy (non-hydrogen) atoms. The van der Waals surface area contributed by atoms with Crippen molar-refractivity contribution < 1.29 is 0 Å². The molecule has 3 heteroatoms. The Kier molecular flexibility index (Phi) is 4.18. The fourth-order valence-electron chi connectivity index (χ4n) is 2.85. The number of aromatic nitrogens is 3. The lowest BCUT2D eigenvalue weighted by molar-refractivity contribution is 1.13. The van der Waals surface area contributed by atoms with Gasteiger partial charge in [0.25, 0.3) is 0 Å². The van der Waals surface area contributed by atoms with Gasteiger partial charge in [0.2, 0.25) is 0 Å². The summed E-state index contributed by atoms with van der Waals surface area (Å²) in [5.74, 6) is 0. The molecule has 0 fully saturated rings. The molecule has 0 saturated heterocycles. The molecule has 3 heterocycles. The van der Waals surface area contributed by atoms with Gasteiger partial charge < -0.3 is 0 Å². The summed E-state index contributed by atoms with van der Waals surface area (Å²) < 4.78 is 0. The van der Waals surface area contributed by atoms with Crippen LogP contribution in [0.2, 0.25) is 0 Å². The zero-order valence-corrected chi connectivity index (χ0v) is 15.2. The number of nitrogens with zero attached hydrogens (tertiary/aromatic N) is 3. The molecule has 0 bridgehead atoms. The third kappa shape index (κ3) is 2.71. The first kappa shape index (κ1) is 16.3. The quantitative estimate of drug-likeness (QED) is 0.663. The molecule has 0 aliphatic carbocycles. The minimum absolute atomic E-state index is 0.914. The van der Waals surface area contributed by atoms with Crippen LogP contribution in [0, 0.1) is 41.5 Å². The van der Waals surface area contributed by atoms with Crippen LogP contribution >= 0.6 is 0 Å². The molecule has 0 unspecified atom stereocenters. The normalized spacial score (nSPS) is 10.9. The zero-order valence-electron chi connectivity index (χ0n) is 15.2. The molecule has 0 aliphatic rings. The van der Waals surface area contributed by atoms with Crippen LogP contribution in [-0.4, -0.2) is 15.0 Å². The predicted molar refractivity (Wildman–Crippen MR) is 99.1 cm³/mol. The number of rotatable bonds is 2. The summed E-state index contributed by atoms with van der Waals surface area (Å²) in [6.45, 7) is 12.7. The van der Waals surface area contributed by atoms with Gasteiger partial charge in [-0.2, -0.15) is 0 Å². The molecular formula is C21H23N3. The number of hydrogen-bond donors (Lipinski definition) is 0. The fraction of sp³-hybridized carbons (Fsp3) is 0.286. The van der Waals surface area contributed by atoms with Crippen LogP contribution in [-0.2, 0) is 0 Å². The van der Waals surface area contributed by atoms with Crippen molar-refractivity contribution in [3.05, 3.63) is 64.0 Å². The van der Waals surface area contributed by atoms with Crippen LogP contribution in [0.4, 0.5) is 0 Å². The van der Waals surface area contributed by atoms with Crippen LogP contribution in [0.5, 0.6) is 0 Å².